The summed E-state index contributed by atoms with van der Waals surface area (Å²) >= 11 is 0. The Morgan fingerprint density at radius 2 is 1.82 bits per heavy atom. The quantitative estimate of drug-likeness (QED) is 0.458. The minimum absolute atomic E-state index is 0.174. The number of pyridine rings is 1. The molecule has 0 saturated carbocycles. The first-order valence-electron chi connectivity index (χ1n) is 8.73. The minimum Gasteiger partial charge on any atom is -0.404 e. The number of nitrogens with two attached hydrogens (primary N) is 1. The van der Waals surface area contributed by atoms with Crippen LogP contribution in [0.1, 0.15) is 5.56 Å². The predicted octanol–water partition coefficient (Wildman–Crippen LogP) is 2.90. The molecule has 0 aliphatic rings. The molecule has 3 rings (SSSR count). The number of carbonyl (C=O) groups excluding carboxylic acids is 1. The number of aromatic amines is 1. The van der Waals surface area contributed by atoms with Crippen molar-refractivity contribution < 1.29 is 4.79 Å². The van der Waals surface area contributed by atoms with Gasteiger partial charge in [0.05, 0.1) is 5.57 Å². The summed E-state index contributed by atoms with van der Waals surface area (Å²) in [5.41, 5.74) is 8.74. The smallest absolute Gasteiger partial charge is 0.254 e. The molecule has 0 spiro atoms. The van der Waals surface area contributed by atoms with Crippen LogP contribution in [0.3, 0.4) is 0 Å². The van der Waals surface area contributed by atoms with Gasteiger partial charge in [0, 0.05) is 37.3 Å². The first-order chi connectivity index (χ1) is 13.7. The third-order valence-corrected chi connectivity index (χ3v) is 4.03. The van der Waals surface area contributed by atoms with Crippen molar-refractivity contribution in [3.8, 4) is 11.1 Å². The van der Waals surface area contributed by atoms with Crippen LogP contribution in [0.25, 0.3) is 11.1 Å². The van der Waals surface area contributed by atoms with Crippen LogP contribution in [0.2, 0.25) is 0 Å². The van der Waals surface area contributed by atoms with Gasteiger partial charge >= 0.3 is 0 Å². The summed E-state index contributed by atoms with van der Waals surface area (Å²) in [6.45, 7) is 0.354. The molecule has 4 N–H and O–H groups in total. The van der Waals surface area contributed by atoms with Gasteiger partial charge in [-0.15, -0.1) is 0 Å². The molecule has 0 unspecified atom stereocenters. The van der Waals surface area contributed by atoms with Crippen molar-refractivity contribution >= 4 is 17.9 Å². The van der Waals surface area contributed by atoms with Crippen LogP contribution in [0, 0.1) is 0 Å². The summed E-state index contributed by atoms with van der Waals surface area (Å²) < 4.78 is 0. The molecule has 3 aromatic rings. The lowest BCUT2D eigenvalue weighted by Crippen LogP contribution is -2.25. The van der Waals surface area contributed by atoms with E-state index in [-0.39, 0.29) is 16.9 Å². The Hall–Kier alpha value is -3.93. The van der Waals surface area contributed by atoms with E-state index in [1.165, 1.54) is 30.7 Å². The number of H-pyrrole nitrogens is 1. The molecule has 6 nitrogen and oxygen atoms in total. The zero-order chi connectivity index (χ0) is 19.8. The minimum atomic E-state index is -0.352. The van der Waals surface area contributed by atoms with Crippen LogP contribution in [0.15, 0.2) is 94.5 Å². The van der Waals surface area contributed by atoms with Crippen molar-refractivity contribution in [2.75, 3.05) is 0 Å². The number of amides is 1. The lowest BCUT2D eigenvalue weighted by atomic mass is 10.0. The molecule has 0 bridgehead atoms. The third kappa shape index (κ3) is 5.04. The molecule has 1 amide bonds. The Morgan fingerprint density at radius 3 is 2.57 bits per heavy atom. The molecule has 1 heterocycles. The van der Waals surface area contributed by atoms with E-state index in [9.17, 15) is 9.59 Å². The van der Waals surface area contributed by atoms with Crippen molar-refractivity contribution in [1.29, 1.82) is 0 Å². The van der Waals surface area contributed by atoms with Crippen LogP contribution in [-0.4, -0.2) is 17.1 Å². The highest BCUT2D eigenvalue weighted by molar-refractivity contribution is 6.12. The molecule has 0 fully saturated rings. The van der Waals surface area contributed by atoms with E-state index in [1.807, 2.05) is 54.6 Å². The second kappa shape index (κ2) is 9.14. The molecule has 1 aromatic heterocycles. The average Bonchev–Trinajstić information content (AvgIpc) is 2.73. The number of rotatable bonds is 6. The number of hydrogen-bond donors (Lipinski definition) is 3. The molecule has 2 aromatic carbocycles. The van der Waals surface area contributed by atoms with Crippen LogP contribution >= 0.6 is 0 Å². The van der Waals surface area contributed by atoms with E-state index in [4.69, 9.17) is 5.73 Å². The zero-order valence-electron chi connectivity index (χ0n) is 15.1. The molecular formula is C22H20N4O2. The third-order valence-electron chi connectivity index (χ3n) is 4.03. The molecule has 0 aliphatic carbocycles. The van der Waals surface area contributed by atoms with E-state index >= 15 is 0 Å². The second-order valence-electron chi connectivity index (χ2n) is 6.04. The van der Waals surface area contributed by atoms with Crippen LogP contribution in [0.4, 0.5) is 5.82 Å². The molecular weight excluding hydrogens is 352 g/mol. The van der Waals surface area contributed by atoms with E-state index < -0.39 is 0 Å². The predicted molar refractivity (Wildman–Crippen MR) is 111 cm³/mol. The van der Waals surface area contributed by atoms with Crippen molar-refractivity contribution in [2.45, 2.75) is 6.54 Å². The molecule has 0 saturated heterocycles. The lowest BCUT2D eigenvalue weighted by molar-refractivity contribution is -0.117. The Balaban J connectivity index is 1.65. The van der Waals surface area contributed by atoms with E-state index in [2.05, 4.69) is 15.3 Å². The number of nitrogens with one attached hydrogen (secondary N) is 2. The van der Waals surface area contributed by atoms with E-state index in [1.54, 1.807) is 0 Å². The lowest BCUT2D eigenvalue weighted by Gasteiger charge is -2.08. The van der Waals surface area contributed by atoms with Gasteiger partial charge in [-0.2, -0.15) is 0 Å². The van der Waals surface area contributed by atoms with Gasteiger partial charge in [-0.3, -0.25) is 9.59 Å². The maximum absolute atomic E-state index is 12.4. The van der Waals surface area contributed by atoms with Gasteiger partial charge in [0.1, 0.15) is 5.82 Å². The Bertz CT molecular complexity index is 1070. The fraction of sp³-hybridized carbons (Fsp3) is 0.0455. The van der Waals surface area contributed by atoms with Gasteiger partial charge in [0.25, 0.3) is 5.91 Å². The molecule has 0 aliphatic heterocycles. The van der Waals surface area contributed by atoms with Gasteiger partial charge in [-0.05, 0) is 22.8 Å². The Kier molecular flexibility index (Phi) is 6.15. The van der Waals surface area contributed by atoms with Crippen molar-refractivity contribution in [1.82, 2.24) is 10.3 Å². The van der Waals surface area contributed by atoms with Crippen LogP contribution in [-0.2, 0) is 11.3 Å². The summed E-state index contributed by atoms with van der Waals surface area (Å²) in [4.78, 5) is 30.6. The van der Waals surface area contributed by atoms with Gasteiger partial charge in [-0.25, -0.2) is 4.99 Å². The molecule has 0 radical (unpaired) electrons. The zero-order valence-corrected chi connectivity index (χ0v) is 15.1. The highest BCUT2D eigenvalue weighted by Gasteiger charge is 2.07. The number of aromatic nitrogens is 1. The summed E-state index contributed by atoms with van der Waals surface area (Å²) in [5.74, 6) is -0.00939. The van der Waals surface area contributed by atoms with Gasteiger partial charge in [0.2, 0.25) is 0 Å². The normalized spacial score (nSPS) is 11.5. The molecule has 140 valence electrons. The molecule has 6 heteroatoms. The van der Waals surface area contributed by atoms with Crippen molar-refractivity contribution in [3.05, 3.63) is 100 Å². The number of hydrogen-bond acceptors (Lipinski definition) is 4. The van der Waals surface area contributed by atoms with Crippen molar-refractivity contribution in [3.63, 3.8) is 0 Å². The number of benzene rings is 2. The number of carbonyl (C=O) groups is 1. The second-order valence-corrected chi connectivity index (χ2v) is 6.04. The highest BCUT2D eigenvalue weighted by atomic mass is 16.1. The maximum atomic E-state index is 12.4. The Morgan fingerprint density at radius 1 is 1.04 bits per heavy atom. The van der Waals surface area contributed by atoms with Crippen LogP contribution in [0.5, 0.6) is 0 Å². The SMILES string of the molecule is N/C=C(\C=N\c1cc(=O)cc[nH]1)C(=O)NCc1cccc(-c2ccccc2)c1. The van der Waals surface area contributed by atoms with Gasteiger partial charge in [-0.1, -0.05) is 48.5 Å². The highest BCUT2D eigenvalue weighted by Crippen LogP contribution is 2.19. The summed E-state index contributed by atoms with van der Waals surface area (Å²) in [5, 5.41) is 2.83. The number of aliphatic imine (C=N–C) groups is 1. The molecule has 0 atom stereocenters. The Labute approximate surface area is 162 Å². The largest absolute Gasteiger partial charge is 0.404 e. The summed E-state index contributed by atoms with van der Waals surface area (Å²) in [6, 6.07) is 20.7. The van der Waals surface area contributed by atoms with E-state index in [0.29, 0.717) is 12.4 Å². The van der Waals surface area contributed by atoms with Gasteiger partial charge < -0.3 is 16.0 Å². The monoisotopic (exact) mass is 372 g/mol. The summed E-state index contributed by atoms with van der Waals surface area (Å²) in [7, 11) is 0. The topological polar surface area (TPSA) is 100 Å². The first kappa shape index (κ1) is 18.8. The number of nitrogens with zero attached hydrogens (tertiary/aromatic N) is 1. The fourth-order valence-corrected chi connectivity index (χ4v) is 2.60. The van der Waals surface area contributed by atoms with E-state index in [0.717, 1.165) is 16.7 Å². The fourth-order valence-electron chi connectivity index (χ4n) is 2.60. The summed E-state index contributed by atoms with van der Waals surface area (Å²) in [6.07, 6.45) is 3.99. The maximum Gasteiger partial charge on any atom is 0.254 e. The first-order valence-corrected chi connectivity index (χ1v) is 8.73. The van der Waals surface area contributed by atoms with Crippen molar-refractivity contribution in [2.24, 2.45) is 10.7 Å². The van der Waals surface area contributed by atoms with Gasteiger partial charge in [0.15, 0.2) is 5.43 Å². The molecule has 28 heavy (non-hydrogen) atoms. The standard InChI is InChI=1S/C22H20N4O2/c23-13-19(15-25-21-12-20(27)9-10-24-21)22(28)26-14-16-5-4-8-18(11-16)17-6-2-1-3-7-17/h1-13,15H,14,23H2,(H,24,27)(H,26,28)/b19-13+,25-15+. The average molecular weight is 372 g/mol. The van der Waals surface area contributed by atoms with Crippen LogP contribution < -0.4 is 16.5 Å².